The second-order valence-electron chi connectivity index (χ2n) is 48.6. The van der Waals surface area contributed by atoms with Gasteiger partial charge in [0.25, 0.3) is 0 Å². The summed E-state index contributed by atoms with van der Waals surface area (Å²) >= 11 is 0. The Hall–Kier alpha value is -1.23. The van der Waals surface area contributed by atoms with Crippen molar-refractivity contribution in [3.05, 3.63) is 0 Å². The van der Waals surface area contributed by atoms with E-state index in [1.807, 2.05) is 138 Å². The van der Waals surface area contributed by atoms with E-state index in [2.05, 4.69) is 158 Å². The van der Waals surface area contributed by atoms with Crippen LogP contribution >= 0.6 is 0 Å². The molecule has 858 valence electrons. The molecule has 0 heterocycles. The first-order chi connectivity index (χ1) is 64.8. The summed E-state index contributed by atoms with van der Waals surface area (Å²) < 4.78 is 159. The summed E-state index contributed by atoms with van der Waals surface area (Å²) in [4.78, 5) is 84.8. The fourth-order valence-corrected chi connectivity index (χ4v) is 73.1. The zero-order valence-electron chi connectivity index (χ0n) is 99.1. The van der Waals surface area contributed by atoms with E-state index < -0.39 is 160 Å². The Labute approximate surface area is 903 Å². The van der Waals surface area contributed by atoms with Gasteiger partial charge in [0, 0.05) is 13.5 Å². The number of carbonyl (C=O) groups is 7. The van der Waals surface area contributed by atoms with Gasteiger partial charge < -0.3 is 97.8 Å². The summed E-state index contributed by atoms with van der Waals surface area (Å²) in [5.74, 6) is -1.49. The van der Waals surface area contributed by atoms with Crippen LogP contribution in [0.15, 0.2) is 0 Å². The molecular formula is C100H211AgO31SSi11. The van der Waals surface area contributed by atoms with Gasteiger partial charge in [0.2, 0.25) is 0 Å². The van der Waals surface area contributed by atoms with Gasteiger partial charge in [0.1, 0.15) is 31.5 Å². The molecule has 4 rings (SSSR count). The van der Waals surface area contributed by atoms with Crippen LogP contribution in [0.3, 0.4) is 0 Å². The third-order valence-corrected chi connectivity index (χ3v) is 67.6. The van der Waals surface area contributed by atoms with E-state index in [-0.39, 0.29) is 89.0 Å². The van der Waals surface area contributed by atoms with Crippen LogP contribution < -0.4 is 0 Å². The van der Waals surface area contributed by atoms with Crippen molar-refractivity contribution in [2.24, 2.45) is 50.2 Å². The largest absolute Gasteiger partial charge is 1.00 e. The first-order valence-electron chi connectivity index (χ1n) is 53.3. The molecular weight excluding hydrogens is 2150 g/mol. The van der Waals surface area contributed by atoms with E-state index in [0.717, 1.165) is 70.3 Å². The fraction of sp³-hybridized carbons (Fsp3) is 0.930. The molecule has 4 bridgehead atoms. The van der Waals surface area contributed by atoms with Crippen LogP contribution in [0.4, 0.5) is 0 Å². The minimum atomic E-state index is -4.42. The molecule has 0 aromatic carbocycles. The molecule has 6 atom stereocenters. The Kier molecular flexibility index (Phi) is 66.4. The summed E-state index contributed by atoms with van der Waals surface area (Å²) in [7, 11) is -30.4. The Morgan fingerprint density at radius 2 is 0.701 bits per heavy atom. The molecule has 0 spiro atoms. The van der Waals surface area contributed by atoms with Crippen LogP contribution in [0, 0.1) is 50.2 Å². The number of carbonyl (C=O) groups excluding carboxylic acids is 7. The zero-order valence-corrected chi connectivity index (χ0v) is 112. The number of esters is 7. The van der Waals surface area contributed by atoms with E-state index >= 15 is 0 Å². The third-order valence-electron chi connectivity index (χ3n) is 25.3. The van der Waals surface area contributed by atoms with Gasteiger partial charge in [-0.3, -0.25) is 33.6 Å². The first-order valence-corrected chi connectivity index (χ1v) is 86.8. The fourth-order valence-electron chi connectivity index (χ4n) is 17.4. The minimum Gasteiger partial charge on any atom is -0.748 e. The molecule has 4 aliphatic carbocycles. The van der Waals surface area contributed by atoms with E-state index in [0.29, 0.717) is 90.4 Å². The predicted octanol–water partition coefficient (Wildman–Crippen LogP) is 24.5. The van der Waals surface area contributed by atoms with Gasteiger partial charge in [0.15, 0.2) is 16.6 Å². The summed E-state index contributed by atoms with van der Waals surface area (Å²) in [6, 6.07) is 0.872. The monoisotopic (exact) mass is 2360 g/mol. The zero-order chi connectivity index (χ0) is 112. The van der Waals surface area contributed by atoms with Crippen molar-refractivity contribution in [2.75, 3.05) is 78.9 Å². The number of rotatable bonds is 67. The molecule has 0 aromatic rings. The Balaban J connectivity index is -0.00000187. The SMILES string of the molecule is CCC(C)(C)C(=O)OC12CC3CC(C1)CC(C(=O)OCCS(=O)(=O)[O-])(C3)C2.CCC(C)(C)C(=O)OCC(C)OCC(C)OCC(C)OC(=O)C(C)(C)CC.CCC(C)(C)C(=O)OCCC[Si](C)(C)O[Si](C)(C)O[Si](C)(C)O[Si](C)(C)O[Si](C)(C)O[Si](C)(C)O[Si](C)(C)O[Si](C)(C)O[Si](C)(C)O[Si](C)(C)O[Si](C)(C)C.CCC(C)(C)C(=O)OCCOCCOC.CCCCCCCCCCCCOC(=O)C(C)CC.[Ag+]. The number of hydrogen-bond acceptors (Lipinski definition) is 31. The van der Waals surface area contributed by atoms with Crippen molar-refractivity contribution < 1.29 is 162 Å². The van der Waals surface area contributed by atoms with Crippen molar-refractivity contribution in [3.63, 3.8) is 0 Å². The van der Waals surface area contributed by atoms with Crippen LogP contribution in [0.2, 0.25) is 157 Å². The minimum absolute atomic E-state index is 0. The molecule has 0 saturated heterocycles. The van der Waals surface area contributed by atoms with E-state index in [1.165, 1.54) is 57.8 Å². The summed E-state index contributed by atoms with van der Waals surface area (Å²) in [5.41, 5.74) is -3.74. The topological polar surface area (TPSA) is 371 Å². The quantitative estimate of drug-likeness (QED) is 0.0179. The molecule has 6 unspecified atom stereocenters. The van der Waals surface area contributed by atoms with Crippen molar-refractivity contribution in [1.82, 2.24) is 0 Å². The van der Waals surface area contributed by atoms with E-state index in [4.69, 9.17) is 93.3 Å². The molecule has 44 heteroatoms. The maximum atomic E-state index is 12.8. The Morgan fingerprint density at radius 3 is 1.08 bits per heavy atom. The van der Waals surface area contributed by atoms with Gasteiger partial charge in [-0.05, 0) is 342 Å². The van der Waals surface area contributed by atoms with Gasteiger partial charge in [-0.2, -0.15) is 0 Å². The second-order valence-corrected chi connectivity index (χ2v) is 91.8. The van der Waals surface area contributed by atoms with Crippen molar-refractivity contribution in [1.29, 1.82) is 0 Å². The smallest absolute Gasteiger partial charge is 0.748 e. The van der Waals surface area contributed by atoms with E-state index in [1.54, 1.807) is 7.11 Å². The molecule has 0 radical (unpaired) electrons. The van der Waals surface area contributed by atoms with Crippen LogP contribution in [0.5, 0.6) is 0 Å². The summed E-state index contributed by atoms with van der Waals surface area (Å²) in [6.07, 6.45) is 22.1. The first kappa shape index (κ1) is 147. The molecule has 4 saturated carbocycles. The second kappa shape index (κ2) is 65.1. The molecule has 0 N–H and O–H groups in total. The van der Waals surface area contributed by atoms with Crippen molar-refractivity contribution in [3.8, 4) is 0 Å². The number of hydrogen-bond donors (Lipinski definition) is 0. The van der Waals surface area contributed by atoms with Gasteiger partial charge in [-0.1, -0.05) is 113 Å². The molecule has 0 aliphatic heterocycles. The van der Waals surface area contributed by atoms with Crippen LogP contribution in [0.25, 0.3) is 0 Å². The van der Waals surface area contributed by atoms with Crippen LogP contribution in [-0.4, -0.2) is 251 Å². The Bertz CT molecular complexity index is 3810. The Morgan fingerprint density at radius 1 is 0.368 bits per heavy atom. The third kappa shape index (κ3) is 64.9. The summed E-state index contributed by atoms with van der Waals surface area (Å²) in [5, 5.41) is 0. The van der Waals surface area contributed by atoms with Gasteiger partial charge in [-0.15, -0.1) is 0 Å². The average molecular weight is 2360 g/mol. The normalized spacial score (nSPS) is 18.3. The molecule has 4 aliphatic rings. The predicted molar refractivity (Wildman–Crippen MR) is 594 cm³/mol. The molecule has 0 amide bonds. The van der Waals surface area contributed by atoms with Gasteiger partial charge in [-0.25, -0.2) is 8.42 Å². The maximum absolute atomic E-state index is 12.8. The standard InChI is InChI=1S/C32H86O12Si11.C21H40O6.C19H30O7S.C17H34O2.C11H22O4.Ag/c1-27-32(2,3)31(33)34-29-28-30-46(7,8)36-48(11,12)38-50(15,16)40-52(19,20)42-54(23,24)44-55(25,26)43-53(21,22)41-51(17,18)39-49(13,14)37-47(9,10)35-45(4,5)6;1-10-20(6,7)18(22)26-13-16(4)24-12-15(3)25-14-17(5)27-19(23)21(8,9)11-2;1-4-17(2,3)15(20)26-19-10-13-7-14(11-19)9-18(8-13,12-19)16(21)25-5-6-27(22,23)24;1-4-6-7-8-9-10-11-12-13-14-15-19-17(18)16(3)5-2;1-5-11(2,3)10(12)15-9-8-14-7-6-13-4;/h27-30H2,1-26H3;15-17H,10-14H2,1-9H3;13-14H,4-12H2,1-3H3,(H,22,23,24);16H,4-15H2,1-3H3;5-9H2,1-4H3;/q;;;;;+1/p-1. The molecule has 4 fully saturated rings. The molecule has 144 heavy (non-hydrogen) atoms. The van der Waals surface area contributed by atoms with Crippen molar-refractivity contribution in [2.45, 2.75) is 474 Å². The van der Waals surface area contributed by atoms with E-state index in [9.17, 15) is 46.5 Å². The van der Waals surface area contributed by atoms with Gasteiger partial charge >= 0.3 is 141 Å². The number of methoxy groups -OCH3 is 1. The number of ether oxygens (including phenoxy) is 11. The molecule has 0 aromatic heterocycles. The summed E-state index contributed by atoms with van der Waals surface area (Å²) in [6.45, 7) is 92.1. The van der Waals surface area contributed by atoms with Crippen LogP contribution in [-0.2, 0) is 159 Å². The maximum Gasteiger partial charge on any atom is 1.00 e. The average Bonchev–Trinajstić information content (AvgIpc) is 0.712. The number of unbranched alkanes of at least 4 members (excludes halogenated alkanes) is 9. The molecule has 31 nitrogen and oxygen atoms in total. The van der Waals surface area contributed by atoms with Crippen LogP contribution in [0.1, 0.15) is 293 Å². The van der Waals surface area contributed by atoms with Gasteiger partial charge in [0.05, 0.1) is 113 Å². The van der Waals surface area contributed by atoms with Crippen molar-refractivity contribution >= 4 is 146 Å².